The molecule has 1 aromatic carbocycles. The fourth-order valence-electron chi connectivity index (χ4n) is 3.28. The fraction of sp³-hybridized carbons (Fsp3) is 0.389. The average molecular weight is 467 g/mol. The molecule has 2 fully saturated rings. The van der Waals surface area contributed by atoms with Gasteiger partial charge >= 0.3 is 28.1 Å². The summed E-state index contributed by atoms with van der Waals surface area (Å²) in [5, 5.41) is 4.70. The van der Waals surface area contributed by atoms with Gasteiger partial charge in [0, 0.05) is 19.6 Å². The molecule has 0 bridgehead atoms. The van der Waals surface area contributed by atoms with E-state index in [1.54, 1.807) is 25.1 Å². The van der Waals surface area contributed by atoms with Gasteiger partial charge in [-0.3, -0.25) is 28.6 Å². The lowest BCUT2D eigenvalue weighted by molar-refractivity contribution is -0.153. The zero-order valence-electron chi connectivity index (χ0n) is 16.9. The Labute approximate surface area is 183 Å². The predicted molar refractivity (Wildman–Crippen MR) is 107 cm³/mol. The van der Waals surface area contributed by atoms with Crippen LogP contribution in [0.3, 0.4) is 0 Å². The molecule has 32 heavy (non-hydrogen) atoms. The van der Waals surface area contributed by atoms with Gasteiger partial charge in [0.2, 0.25) is 5.91 Å². The highest BCUT2D eigenvalue weighted by molar-refractivity contribution is 7.84. The summed E-state index contributed by atoms with van der Waals surface area (Å²) in [5.74, 6) is -3.74. The molecule has 3 N–H and O–H groups in total. The smallest absolute Gasteiger partial charge is 0.341 e. The number of nitrogens with one attached hydrogen (secondary N) is 2. The number of rotatable bonds is 6. The third-order valence-corrected chi connectivity index (χ3v) is 5.97. The van der Waals surface area contributed by atoms with Gasteiger partial charge in [-0.2, -0.15) is 8.42 Å². The molecule has 2 atom stereocenters. The lowest BCUT2D eigenvalue weighted by atomic mass is 10.0. The highest BCUT2D eigenvalue weighted by Crippen LogP contribution is 2.18. The monoisotopic (exact) mass is 467 g/mol. The summed E-state index contributed by atoms with van der Waals surface area (Å²) in [5.41, 5.74) is 0.322. The summed E-state index contributed by atoms with van der Waals surface area (Å²) in [6, 6.07) is 4.40. The van der Waals surface area contributed by atoms with E-state index in [0.717, 1.165) is 0 Å². The third kappa shape index (κ3) is 4.55. The van der Waals surface area contributed by atoms with Gasteiger partial charge in [-0.05, 0) is 12.5 Å². The zero-order chi connectivity index (χ0) is 23.6. The minimum atomic E-state index is -4.73. The lowest BCUT2D eigenvalue weighted by Crippen LogP contribution is -2.66. The van der Waals surface area contributed by atoms with Crippen LogP contribution in [0, 0.1) is 0 Å². The molecule has 2 saturated heterocycles. The fourth-order valence-corrected chi connectivity index (χ4v) is 3.97. The molecule has 2 aliphatic rings. The minimum Gasteiger partial charge on any atom is -0.341 e. The van der Waals surface area contributed by atoms with Crippen molar-refractivity contribution in [1.82, 2.24) is 24.7 Å². The van der Waals surface area contributed by atoms with Crippen LogP contribution in [-0.4, -0.2) is 89.0 Å². The SMILES string of the molecule is CCN1CCN(C(=O)N[C@H](C(=O)N[C@H]2CN(S(=O)(=O)O)C2=O)c2ccccc2)C(=O)C1=O. The Morgan fingerprint density at radius 2 is 1.78 bits per heavy atom. The number of imide groups is 1. The molecule has 14 heteroatoms. The molecular weight excluding hydrogens is 446 g/mol. The maximum Gasteiger partial charge on any atom is 0.362 e. The lowest BCUT2D eigenvalue weighted by Gasteiger charge is -2.36. The molecule has 0 unspecified atom stereocenters. The Morgan fingerprint density at radius 1 is 1.12 bits per heavy atom. The largest absolute Gasteiger partial charge is 0.362 e. The maximum absolute atomic E-state index is 12.8. The topological polar surface area (TPSA) is 173 Å². The van der Waals surface area contributed by atoms with Crippen LogP contribution in [0.25, 0.3) is 0 Å². The molecule has 3 rings (SSSR count). The number of likely N-dealkylation sites (N-methyl/N-ethyl adjacent to an activating group) is 1. The van der Waals surface area contributed by atoms with E-state index in [9.17, 15) is 32.4 Å². The molecule has 0 radical (unpaired) electrons. The highest BCUT2D eigenvalue weighted by Gasteiger charge is 2.45. The van der Waals surface area contributed by atoms with Gasteiger partial charge < -0.3 is 15.5 Å². The molecule has 13 nitrogen and oxygen atoms in total. The maximum atomic E-state index is 12.8. The number of amides is 6. The number of hydrogen-bond acceptors (Lipinski definition) is 7. The van der Waals surface area contributed by atoms with Crippen molar-refractivity contribution >= 4 is 40.0 Å². The van der Waals surface area contributed by atoms with Crippen LogP contribution in [-0.2, 0) is 29.5 Å². The highest BCUT2D eigenvalue weighted by atomic mass is 32.2. The Hall–Kier alpha value is -3.52. The number of nitrogens with zero attached hydrogens (tertiary/aromatic N) is 3. The van der Waals surface area contributed by atoms with Crippen LogP contribution >= 0.6 is 0 Å². The second kappa shape index (κ2) is 8.92. The van der Waals surface area contributed by atoms with Crippen molar-refractivity contribution in [3.05, 3.63) is 35.9 Å². The van der Waals surface area contributed by atoms with Crippen molar-refractivity contribution in [3.8, 4) is 0 Å². The first-order valence-electron chi connectivity index (χ1n) is 9.60. The molecule has 172 valence electrons. The Bertz CT molecular complexity index is 1060. The Balaban J connectivity index is 1.74. The van der Waals surface area contributed by atoms with E-state index in [1.807, 2.05) is 0 Å². The first kappa shape index (κ1) is 23.1. The summed E-state index contributed by atoms with van der Waals surface area (Å²) in [6.07, 6.45) is 0. The Kier molecular flexibility index (Phi) is 6.45. The molecule has 0 spiro atoms. The van der Waals surface area contributed by atoms with Crippen LogP contribution in [0.1, 0.15) is 18.5 Å². The number of carbonyl (C=O) groups excluding carboxylic acids is 5. The van der Waals surface area contributed by atoms with E-state index in [4.69, 9.17) is 4.55 Å². The summed E-state index contributed by atoms with van der Waals surface area (Å²) in [4.78, 5) is 63.8. The predicted octanol–water partition coefficient (Wildman–Crippen LogP) is -1.74. The summed E-state index contributed by atoms with van der Waals surface area (Å²) in [7, 11) is -4.73. The number of piperazine rings is 1. The number of carbonyl (C=O) groups is 5. The van der Waals surface area contributed by atoms with Crippen LogP contribution < -0.4 is 10.6 Å². The van der Waals surface area contributed by atoms with Crippen molar-refractivity contribution in [2.75, 3.05) is 26.2 Å². The van der Waals surface area contributed by atoms with E-state index >= 15 is 0 Å². The van der Waals surface area contributed by atoms with E-state index in [-0.39, 0.29) is 17.4 Å². The second-order valence-electron chi connectivity index (χ2n) is 7.04. The normalized spacial score (nSPS) is 20.0. The number of urea groups is 1. The van der Waals surface area contributed by atoms with Crippen molar-refractivity contribution < 1.29 is 36.9 Å². The molecule has 0 aromatic heterocycles. The van der Waals surface area contributed by atoms with E-state index in [1.165, 1.54) is 17.0 Å². The summed E-state index contributed by atoms with van der Waals surface area (Å²) >= 11 is 0. The minimum absolute atomic E-state index is 0.0577. The number of benzene rings is 1. The molecule has 0 aliphatic carbocycles. The van der Waals surface area contributed by atoms with E-state index in [0.29, 0.717) is 17.0 Å². The first-order chi connectivity index (χ1) is 15.0. The standard InChI is InChI=1S/C18H21N5O8S/c1-2-21-8-9-22(17(27)16(21)26)18(28)20-13(11-6-4-3-5-7-11)14(24)19-12-10-23(15(12)25)32(29,30)31/h3-7,12-13H,2,8-10H2,1H3,(H,19,24)(H,20,28)(H,29,30,31)/t12-,13-/m0/s1. The van der Waals surface area contributed by atoms with E-state index < -0.39 is 58.6 Å². The van der Waals surface area contributed by atoms with Crippen LogP contribution in [0.5, 0.6) is 0 Å². The van der Waals surface area contributed by atoms with Crippen LogP contribution in [0.2, 0.25) is 0 Å². The van der Waals surface area contributed by atoms with Gasteiger partial charge in [-0.1, -0.05) is 30.3 Å². The Morgan fingerprint density at radius 3 is 2.34 bits per heavy atom. The quantitative estimate of drug-likeness (QED) is 0.251. The molecule has 1 aromatic rings. The summed E-state index contributed by atoms with van der Waals surface area (Å²) in [6.45, 7) is 1.63. The first-order valence-corrected chi connectivity index (χ1v) is 11.0. The molecule has 0 saturated carbocycles. The van der Waals surface area contributed by atoms with Crippen molar-refractivity contribution in [2.45, 2.75) is 19.0 Å². The van der Waals surface area contributed by atoms with Gasteiger partial charge in [-0.25, -0.2) is 9.10 Å². The number of hydrogen-bond donors (Lipinski definition) is 3. The zero-order valence-corrected chi connectivity index (χ0v) is 17.7. The average Bonchev–Trinajstić information content (AvgIpc) is 2.75. The second-order valence-corrected chi connectivity index (χ2v) is 8.38. The molecule has 2 aliphatic heterocycles. The van der Waals surface area contributed by atoms with Gasteiger partial charge in [-0.15, -0.1) is 0 Å². The molecule has 2 heterocycles. The van der Waals surface area contributed by atoms with Crippen molar-refractivity contribution in [1.29, 1.82) is 0 Å². The molecular formula is C18H21N5O8S. The van der Waals surface area contributed by atoms with Crippen molar-refractivity contribution in [2.24, 2.45) is 0 Å². The van der Waals surface area contributed by atoms with Crippen LogP contribution in [0.15, 0.2) is 30.3 Å². The van der Waals surface area contributed by atoms with E-state index in [2.05, 4.69) is 10.6 Å². The van der Waals surface area contributed by atoms with Gasteiger partial charge in [0.1, 0.15) is 12.1 Å². The third-order valence-electron chi connectivity index (χ3n) is 5.09. The van der Waals surface area contributed by atoms with Gasteiger partial charge in [0.25, 0.3) is 5.91 Å². The van der Waals surface area contributed by atoms with Crippen molar-refractivity contribution in [3.63, 3.8) is 0 Å². The van der Waals surface area contributed by atoms with Crippen LogP contribution in [0.4, 0.5) is 4.79 Å². The number of β-lactam (4-membered cyclic amide) rings is 1. The van der Waals surface area contributed by atoms with Gasteiger partial charge in [0.05, 0.1) is 6.54 Å². The van der Waals surface area contributed by atoms with Gasteiger partial charge in [0.15, 0.2) is 0 Å². The summed E-state index contributed by atoms with van der Waals surface area (Å²) < 4.78 is 31.2. The molecule has 6 amide bonds.